The third kappa shape index (κ3) is 1.58. The fraction of sp³-hybridized carbons (Fsp3) is 0.308. The van der Waals surface area contributed by atoms with Crippen molar-refractivity contribution in [1.82, 2.24) is 4.98 Å². The average Bonchev–Trinajstić information content (AvgIpc) is 2.15. The number of nitrogens with one attached hydrogen (secondary N) is 1. The Balaban J connectivity index is 2.89. The van der Waals surface area contributed by atoms with Crippen LogP contribution in [0.3, 0.4) is 0 Å². The van der Waals surface area contributed by atoms with Crippen molar-refractivity contribution in [3.8, 4) is 5.75 Å². The summed E-state index contributed by atoms with van der Waals surface area (Å²) in [6.07, 6.45) is 0. The quantitative estimate of drug-likeness (QED) is 0.771. The van der Waals surface area contributed by atoms with E-state index in [9.17, 15) is 9.90 Å². The lowest BCUT2D eigenvalue weighted by atomic mass is 10.0. The van der Waals surface area contributed by atoms with Crippen molar-refractivity contribution in [3.63, 3.8) is 0 Å². The molecule has 0 unspecified atom stereocenters. The molecule has 3 nitrogen and oxygen atoms in total. The fourth-order valence-corrected chi connectivity index (χ4v) is 1.95. The molecule has 1 aromatic heterocycles. The van der Waals surface area contributed by atoms with Crippen LogP contribution in [0.15, 0.2) is 23.0 Å². The topological polar surface area (TPSA) is 53.1 Å². The van der Waals surface area contributed by atoms with E-state index in [1.165, 1.54) is 0 Å². The Hall–Kier alpha value is -1.77. The van der Waals surface area contributed by atoms with Crippen molar-refractivity contribution in [1.29, 1.82) is 0 Å². The van der Waals surface area contributed by atoms with Crippen LogP contribution < -0.4 is 5.56 Å². The van der Waals surface area contributed by atoms with Crippen LogP contribution in [0.25, 0.3) is 10.9 Å². The number of rotatable bonds is 1. The molecule has 16 heavy (non-hydrogen) atoms. The number of aromatic hydroxyl groups is 1. The van der Waals surface area contributed by atoms with Gasteiger partial charge in [-0.15, -0.1) is 0 Å². The Bertz CT molecular complexity index is 597. The maximum absolute atomic E-state index is 11.8. The van der Waals surface area contributed by atoms with E-state index in [-0.39, 0.29) is 17.2 Å². The minimum atomic E-state index is -0.203. The molecular weight excluding hydrogens is 202 g/mol. The van der Waals surface area contributed by atoms with E-state index >= 15 is 0 Å². The predicted octanol–water partition coefficient (Wildman–Crippen LogP) is 2.67. The molecule has 2 N–H and O–H groups in total. The summed E-state index contributed by atoms with van der Waals surface area (Å²) in [7, 11) is 0. The van der Waals surface area contributed by atoms with E-state index in [0.717, 1.165) is 5.56 Å². The van der Waals surface area contributed by atoms with Crippen LogP contribution in [0, 0.1) is 6.92 Å². The highest BCUT2D eigenvalue weighted by Crippen LogP contribution is 2.29. The number of aromatic amines is 1. The second-order valence-corrected chi connectivity index (χ2v) is 4.42. The average molecular weight is 217 g/mol. The molecule has 0 spiro atoms. The van der Waals surface area contributed by atoms with Gasteiger partial charge in [-0.05, 0) is 30.5 Å². The summed E-state index contributed by atoms with van der Waals surface area (Å²) in [5.41, 5.74) is 1.99. The molecule has 2 aromatic rings. The van der Waals surface area contributed by atoms with Gasteiger partial charge in [-0.2, -0.15) is 0 Å². The van der Waals surface area contributed by atoms with E-state index in [1.54, 1.807) is 0 Å². The Kier molecular flexibility index (Phi) is 2.46. The van der Waals surface area contributed by atoms with E-state index in [2.05, 4.69) is 4.98 Å². The molecule has 0 aliphatic carbocycles. The van der Waals surface area contributed by atoms with Crippen LogP contribution in [-0.2, 0) is 0 Å². The summed E-state index contributed by atoms with van der Waals surface area (Å²) in [5, 5.41) is 10.8. The van der Waals surface area contributed by atoms with Crippen molar-refractivity contribution in [3.05, 3.63) is 39.7 Å². The number of hydrogen-bond donors (Lipinski definition) is 2. The second kappa shape index (κ2) is 3.67. The first-order chi connectivity index (χ1) is 7.50. The van der Waals surface area contributed by atoms with Gasteiger partial charge in [0.2, 0.25) is 0 Å². The summed E-state index contributed by atoms with van der Waals surface area (Å²) in [5.74, 6) is 0.114. The molecule has 3 heteroatoms. The summed E-state index contributed by atoms with van der Waals surface area (Å²) in [4.78, 5) is 14.6. The van der Waals surface area contributed by atoms with Crippen LogP contribution in [0.2, 0.25) is 0 Å². The van der Waals surface area contributed by atoms with Crippen molar-refractivity contribution in [2.45, 2.75) is 26.7 Å². The summed E-state index contributed by atoms with van der Waals surface area (Å²) in [6, 6.07) is 5.62. The Labute approximate surface area is 93.7 Å². The van der Waals surface area contributed by atoms with Crippen molar-refractivity contribution < 1.29 is 5.11 Å². The molecule has 1 aromatic carbocycles. The minimum Gasteiger partial charge on any atom is -0.507 e. The van der Waals surface area contributed by atoms with Gasteiger partial charge in [0.1, 0.15) is 5.75 Å². The third-order valence-corrected chi connectivity index (χ3v) is 2.76. The van der Waals surface area contributed by atoms with Crippen molar-refractivity contribution in [2.24, 2.45) is 0 Å². The van der Waals surface area contributed by atoms with Crippen LogP contribution in [0.5, 0.6) is 5.75 Å². The number of aromatic nitrogens is 1. The first-order valence-electron chi connectivity index (χ1n) is 5.36. The number of benzene rings is 1. The van der Waals surface area contributed by atoms with Crippen molar-refractivity contribution >= 4 is 10.9 Å². The van der Waals surface area contributed by atoms with Gasteiger partial charge < -0.3 is 10.1 Å². The highest BCUT2D eigenvalue weighted by Gasteiger charge is 2.14. The van der Waals surface area contributed by atoms with Gasteiger partial charge in [-0.1, -0.05) is 19.9 Å². The molecule has 0 fully saturated rings. The van der Waals surface area contributed by atoms with Crippen LogP contribution in [0.1, 0.15) is 30.9 Å². The third-order valence-electron chi connectivity index (χ3n) is 2.76. The smallest absolute Gasteiger partial charge is 0.255 e. The van der Waals surface area contributed by atoms with E-state index < -0.39 is 0 Å². The zero-order chi connectivity index (χ0) is 11.9. The van der Waals surface area contributed by atoms with Gasteiger partial charge in [-0.25, -0.2) is 0 Å². The lowest BCUT2D eigenvalue weighted by Gasteiger charge is -2.10. The van der Waals surface area contributed by atoms with Crippen LogP contribution in [-0.4, -0.2) is 10.1 Å². The molecule has 1 heterocycles. The molecule has 0 saturated heterocycles. The fourth-order valence-electron chi connectivity index (χ4n) is 1.95. The molecule has 84 valence electrons. The Morgan fingerprint density at radius 2 is 2.00 bits per heavy atom. The molecule has 0 atom stereocenters. The SMILES string of the molecule is Cc1ccc2c(O)c(C(C)C)c(=O)[nH]c2c1. The van der Waals surface area contributed by atoms with Gasteiger partial charge in [0.25, 0.3) is 5.56 Å². The maximum Gasteiger partial charge on any atom is 0.255 e. The van der Waals surface area contributed by atoms with Crippen LogP contribution >= 0.6 is 0 Å². The maximum atomic E-state index is 11.8. The normalized spacial score (nSPS) is 11.2. The second-order valence-electron chi connectivity index (χ2n) is 4.42. The van der Waals surface area contributed by atoms with Gasteiger partial charge in [-0.3, -0.25) is 4.79 Å². The lowest BCUT2D eigenvalue weighted by Crippen LogP contribution is -2.14. The Morgan fingerprint density at radius 1 is 1.31 bits per heavy atom. The molecule has 0 bridgehead atoms. The van der Waals surface area contributed by atoms with Gasteiger partial charge >= 0.3 is 0 Å². The summed E-state index contributed by atoms with van der Waals surface area (Å²) >= 11 is 0. The number of fused-ring (bicyclic) bond motifs is 1. The van der Waals surface area contributed by atoms with Crippen LogP contribution in [0.4, 0.5) is 0 Å². The highest BCUT2D eigenvalue weighted by molar-refractivity contribution is 5.86. The summed E-state index contributed by atoms with van der Waals surface area (Å²) < 4.78 is 0. The molecule has 0 radical (unpaired) electrons. The summed E-state index contributed by atoms with van der Waals surface area (Å²) in [6.45, 7) is 5.74. The van der Waals surface area contributed by atoms with Gasteiger partial charge in [0, 0.05) is 5.39 Å². The first-order valence-corrected chi connectivity index (χ1v) is 5.36. The molecular formula is C13H15NO2. The zero-order valence-corrected chi connectivity index (χ0v) is 9.66. The van der Waals surface area contributed by atoms with E-state index in [0.29, 0.717) is 16.5 Å². The molecule has 2 rings (SSSR count). The predicted molar refractivity (Wildman–Crippen MR) is 65.1 cm³/mol. The van der Waals surface area contributed by atoms with Crippen molar-refractivity contribution in [2.75, 3.05) is 0 Å². The van der Waals surface area contributed by atoms with Gasteiger partial charge in [0.15, 0.2) is 0 Å². The number of aryl methyl sites for hydroxylation is 1. The lowest BCUT2D eigenvalue weighted by molar-refractivity contribution is 0.469. The molecule has 0 amide bonds. The zero-order valence-electron chi connectivity index (χ0n) is 9.66. The number of H-pyrrole nitrogens is 1. The molecule has 0 aliphatic rings. The molecule has 0 aliphatic heterocycles. The van der Waals surface area contributed by atoms with E-state index in [1.807, 2.05) is 39.0 Å². The number of pyridine rings is 1. The number of hydrogen-bond acceptors (Lipinski definition) is 2. The highest BCUT2D eigenvalue weighted by atomic mass is 16.3. The Morgan fingerprint density at radius 3 is 2.62 bits per heavy atom. The van der Waals surface area contributed by atoms with Gasteiger partial charge in [0.05, 0.1) is 11.1 Å². The minimum absolute atomic E-state index is 0.00875. The first kappa shape index (κ1) is 10.7. The monoisotopic (exact) mass is 217 g/mol. The molecule has 0 saturated carbocycles. The largest absolute Gasteiger partial charge is 0.507 e. The standard InChI is InChI=1S/C13H15NO2/c1-7(2)11-12(15)9-5-4-8(3)6-10(9)14-13(11)16/h4-7H,1-3H3,(H2,14,15,16). The van der Waals surface area contributed by atoms with E-state index in [4.69, 9.17) is 0 Å².